The van der Waals surface area contributed by atoms with Crippen LogP contribution in [-0.4, -0.2) is 44.6 Å². The Balaban J connectivity index is 2.52. The van der Waals surface area contributed by atoms with Gasteiger partial charge in [0.2, 0.25) is 5.91 Å². The van der Waals surface area contributed by atoms with E-state index in [2.05, 4.69) is 4.74 Å². The molecule has 0 N–H and O–H groups in total. The van der Waals surface area contributed by atoms with Crippen LogP contribution in [0.3, 0.4) is 0 Å². The molecule has 1 rings (SSSR count). The normalized spacial score (nSPS) is 10.5. The van der Waals surface area contributed by atoms with Gasteiger partial charge in [-0.25, -0.2) is 4.39 Å². The molecule has 0 saturated carbocycles. The first-order valence-corrected chi connectivity index (χ1v) is 6.81. The van der Waals surface area contributed by atoms with Crippen molar-refractivity contribution in [1.29, 1.82) is 0 Å². The van der Waals surface area contributed by atoms with E-state index in [9.17, 15) is 14.0 Å². The van der Waals surface area contributed by atoms with Crippen LogP contribution in [-0.2, 0) is 14.3 Å². The maximum atomic E-state index is 13.5. The van der Waals surface area contributed by atoms with Crippen molar-refractivity contribution in [1.82, 2.24) is 4.90 Å². The summed E-state index contributed by atoms with van der Waals surface area (Å²) in [6.07, 6.45) is 3.68. The summed E-state index contributed by atoms with van der Waals surface area (Å²) >= 11 is 0. The number of methoxy groups -OCH3 is 2. The summed E-state index contributed by atoms with van der Waals surface area (Å²) in [5.74, 6) is -0.849. The van der Waals surface area contributed by atoms with Gasteiger partial charge in [0, 0.05) is 26.1 Å². The second-order valence-electron chi connectivity index (χ2n) is 4.67. The van der Waals surface area contributed by atoms with Crippen LogP contribution >= 0.6 is 0 Å². The van der Waals surface area contributed by atoms with Gasteiger partial charge in [0.15, 0.2) is 11.6 Å². The molecule has 6 heteroatoms. The van der Waals surface area contributed by atoms with Gasteiger partial charge in [0.1, 0.15) is 0 Å². The van der Waals surface area contributed by atoms with E-state index in [1.807, 2.05) is 0 Å². The average Bonchev–Trinajstić information content (AvgIpc) is 2.52. The van der Waals surface area contributed by atoms with Gasteiger partial charge in [-0.15, -0.1) is 0 Å². The lowest BCUT2D eigenvalue weighted by Crippen LogP contribution is -2.26. The lowest BCUT2D eigenvalue weighted by molar-refractivity contribution is -0.141. The number of hydrogen-bond donors (Lipinski definition) is 0. The minimum Gasteiger partial charge on any atom is -0.494 e. The molecule has 0 aromatic heterocycles. The summed E-state index contributed by atoms with van der Waals surface area (Å²) in [4.78, 5) is 24.3. The van der Waals surface area contributed by atoms with Crippen LogP contribution in [0.15, 0.2) is 24.3 Å². The largest absolute Gasteiger partial charge is 0.494 e. The maximum Gasteiger partial charge on any atom is 0.305 e. The Hall–Kier alpha value is -2.37. The van der Waals surface area contributed by atoms with Crippen LogP contribution in [0.5, 0.6) is 5.75 Å². The van der Waals surface area contributed by atoms with E-state index in [1.54, 1.807) is 13.1 Å². The average molecular weight is 309 g/mol. The summed E-state index contributed by atoms with van der Waals surface area (Å²) in [6, 6.07) is 4.45. The quantitative estimate of drug-likeness (QED) is 0.573. The van der Waals surface area contributed by atoms with Gasteiger partial charge in [-0.1, -0.05) is 6.07 Å². The highest BCUT2D eigenvalue weighted by molar-refractivity contribution is 5.91. The first-order valence-electron chi connectivity index (χ1n) is 6.81. The summed E-state index contributed by atoms with van der Waals surface area (Å²) in [5.41, 5.74) is 0.564. The molecule has 0 spiro atoms. The maximum absolute atomic E-state index is 13.5. The van der Waals surface area contributed by atoms with E-state index in [4.69, 9.17) is 4.74 Å². The fraction of sp³-hybridized carbons (Fsp3) is 0.375. The van der Waals surface area contributed by atoms with Crippen molar-refractivity contribution in [2.75, 3.05) is 27.8 Å². The van der Waals surface area contributed by atoms with E-state index in [1.165, 1.54) is 43.4 Å². The smallest absolute Gasteiger partial charge is 0.305 e. The highest BCUT2D eigenvalue weighted by Crippen LogP contribution is 2.18. The van der Waals surface area contributed by atoms with Crippen molar-refractivity contribution < 1.29 is 23.5 Å². The van der Waals surface area contributed by atoms with Crippen LogP contribution in [0.4, 0.5) is 4.39 Å². The number of hydrogen-bond acceptors (Lipinski definition) is 4. The Bertz CT molecular complexity index is 557. The van der Waals surface area contributed by atoms with Crippen molar-refractivity contribution in [3.8, 4) is 5.75 Å². The van der Waals surface area contributed by atoms with Crippen LogP contribution in [0.2, 0.25) is 0 Å². The molecule has 0 aliphatic rings. The Morgan fingerprint density at radius 2 is 2.05 bits per heavy atom. The molecule has 0 heterocycles. The molecule has 0 saturated heterocycles. The van der Waals surface area contributed by atoms with E-state index >= 15 is 0 Å². The Kier molecular flexibility index (Phi) is 7.08. The molecule has 1 aromatic rings. The van der Waals surface area contributed by atoms with Crippen molar-refractivity contribution in [3.63, 3.8) is 0 Å². The van der Waals surface area contributed by atoms with Gasteiger partial charge >= 0.3 is 5.97 Å². The highest BCUT2D eigenvalue weighted by Gasteiger charge is 2.07. The molecule has 0 atom stereocenters. The number of nitrogens with zero attached hydrogens (tertiary/aromatic N) is 1. The van der Waals surface area contributed by atoms with Crippen LogP contribution in [0, 0.1) is 5.82 Å². The predicted octanol–water partition coefficient (Wildman–Crippen LogP) is 2.26. The highest BCUT2D eigenvalue weighted by atomic mass is 19.1. The molecule has 0 aliphatic heterocycles. The van der Waals surface area contributed by atoms with Crippen molar-refractivity contribution in [2.24, 2.45) is 0 Å². The van der Waals surface area contributed by atoms with E-state index < -0.39 is 5.82 Å². The second kappa shape index (κ2) is 8.81. The number of carbonyl (C=O) groups excluding carboxylic acids is 2. The van der Waals surface area contributed by atoms with Crippen LogP contribution in [0.1, 0.15) is 18.4 Å². The summed E-state index contributed by atoms with van der Waals surface area (Å²) in [7, 11) is 4.35. The first-order chi connectivity index (χ1) is 10.5. The topological polar surface area (TPSA) is 55.8 Å². The Morgan fingerprint density at radius 3 is 2.64 bits per heavy atom. The van der Waals surface area contributed by atoms with Gasteiger partial charge in [0.05, 0.1) is 14.2 Å². The lowest BCUT2D eigenvalue weighted by atomic mass is 10.2. The van der Waals surface area contributed by atoms with Crippen molar-refractivity contribution in [3.05, 3.63) is 35.7 Å². The third kappa shape index (κ3) is 5.55. The zero-order chi connectivity index (χ0) is 16.5. The number of halogens is 1. The molecule has 0 radical (unpaired) electrons. The summed E-state index contributed by atoms with van der Waals surface area (Å²) < 4.78 is 22.9. The Morgan fingerprint density at radius 1 is 1.32 bits per heavy atom. The SMILES string of the molecule is COC(=O)CCCN(C)C(=O)C=Cc1ccc(OC)c(F)c1. The first kappa shape index (κ1) is 17.7. The van der Waals surface area contributed by atoms with Gasteiger partial charge in [-0.2, -0.15) is 0 Å². The number of carbonyl (C=O) groups is 2. The molecule has 22 heavy (non-hydrogen) atoms. The molecular formula is C16H20FNO4. The number of ether oxygens (including phenoxy) is 2. The van der Waals surface area contributed by atoms with Crippen LogP contribution in [0.25, 0.3) is 6.08 Å². The number of likely N-dealkylation sites (N-methyl/N-ethyl adjacent to an activating group) is 1. The van der Waals surface area contributed by atoms with Gasteiger partial charge in [-0.05, 0) is 30.2 Å². The lowest BCUT2D eigenvalue weighted by Gasteiger charge is -2.14. The summed E-state index contributed by atoms with van der Waals surface area (Å²) in [5, 5.41) is 0. The molecule has 0 aliphatic carbocycles. The van der Waals surface area contributed by atoms with E-state index in [0.717, 1.165) is 0 Å². The number of amides is 1. The fourth-order valence-electron chi connectivity index (χ4n) is 1.75. The molecule has 0 fully saturated rings. The van der Waals surface area contributed by atoms with E-state index in [0.29, 0.717) is 18.5 Å². The van der Waals surface area contributed by atoms with E-state index in [-0.39, 0.29) is 24.0 Å². The zero-order valence-corrected chi connectivity index (χ0v) is 13.0. The minimum absolute atomic E-state index is 0.156. The second-order valence-corrected chi connectivity index (χ2v) is 4.67. The van der Waals surface area contributed by atoms with Gasteiger partial charge < -0.3 is 14.4 Å². The fourth-order valence-corrected chi connectivity index (χ4v) is 1.75. The van der Waals surface area contributed by atoms with Gasteiger partial charge in [-0.3, -0.25) is 9.59 Å². The summed E-state index contributed by atoms with van der Waals surface area (Å²) in [6.45, 7) is 0.440. The molecule has 5 nitrogen and oxygen atoms in total. The number of benzene rings is 1. The molecule has 120 valence electrons. The standard InChI is InChI=1S/C16H20FNO4/c1-18(10-4-5-16(20)22-3)15(19)9-7-12-6-8-14(21-2)13(17)11-12/h6-9,11H,4-5,10H2,1-3H3. The molecule has 1 amide bonds. The molecular weight excluding hydrogens is 289 g/mol. The predicted molar refractivity (Wildman–Crippen MR) is 80.9 cm³/mol. The molecule has 1 aromatic carbocycles. The number of rotatable bonds is 7. The number of esters is 1. The molecule has 0 bridgehead atoms. The third-order valence-corrected chi connectivity index (χ3v) is 3.07. The minimum atomic E-state index is -0.483. The van der Waals surface area contributed by atoms with Crippen molar-refractivity contribution >= 4 is 18.0 Å². The van der Waals surface area contributed by atoms with Gasteiger partial charge in [0.25, 0.3) is 0 Å². The molecule has 0 unspecified atom stereocenters. The Labute approximate surface area is 129 Å². The van der Waals surface area contributed by atoms with Crippen molar-refractivity contribution in [2.45, 2.75) is 12.8 Å². The third-order valence-electron chi connectivity index (χ3n) is 3.07. The monoisotopic (exact) mass is 309 g/mol. The zero-order valence-electron chi connectivity index (χ0n) is 13.0. The van der Waals surface area contributed by atoms with Crippen LogP contribution < -0.4 is 4.74 Å².